The van der Waals surface area contributed by atoms with E-state index < -0.39 is 6.10 Å². The second kappa shape index (κ2) is 4.26. The van der Waals surface area contributed by atoms with Gasteiger partial charge in [-0.1, -0.05) is 18.2 Å². The molecule has 1 aliphatic carbocycles. The molecular formula is C14H14N2O. The van der Waals surface area contributed by atoms with Gasteiger partial charge in [-0.2, -0.15) is 0 Å². The van der Waals surface area contributed by atoms with Crippen LogP contribution in [-0.4, -0.2) is 15.1 Å². The first-order chi connectivity index (χ1) is 8.34. The summed E-state index contributed by atoms with van der Waals surface area (Å²) in [5, 5.41) is 10.2. The lowest BCUT2D eigenvalue weighted by Crippen LogP contribution is -2.01. The van der Waals surface area contributed by atoms with Gasteiger partial charge in [-0.15, -0.1) is 0 Å². The Morgan fingerprint density at radius 1 is 1.00 bits per heavy atom. The number of benzene rings is 1. The number of nitrogens with zero attached hydrogens (tertiary/aromatic N) is 2. The summed E-state index contributed by atoms with van der Waals surface area (Å²) in [4.78, 5) is 7.87. The SMILES string of the molecule is OC(c1cncnc1)c1ccc2c(c1)CCC2. The van der Waals surface area contributed by atoms with E-state index in [4.69, 9.17) is 0 Å². The quantitative estimate of drug-likeness (QED) is 0.852. The molecule has 1 aromatic heterocycles. The average molecular weight is 226 g/mol. The van der Waals surface area contributed by atoms with Crippen LogP contribution in [0.5, 0.6) is 0 Å². The minimum atomic E-state index is -0.623. The van der Waals surface area contributed by atoms with Gasteiger partial charge in [0.15, 0.2) is 0 Å². The van der Waals surface area contributed by atoms with Gasteiger partial charge >= 0.3 is 0 Å². The van der Waals surface area contributed by atoms with Crippen molar-refractivity contribution in [3.63, 3.8) is 0 Å². The van der Waals surface area contributed by atoms with Crippen LogP contribution in [0.1, 0.15) is 34.8 Å². The highest BCUT2D eigenvalue weighted by atomic mass is 16.3. The van der Waals surface area contributed by atoms with Crippen LogP contribution in [-0.2, 0) is 12.8 Å². The fourth-order valence-corrected chi connectivity index (χ4v) is 2.41. The van der Waals surface area contributed by atoms with Crippen molar-refractivity contribution in [2.75, 3.05) is 0 Å². The zero-order valence-corrected chi connectivity index (χ0v) is 9.50. The van der Waals surface area contributed by atoms with Crippen molar-refractivity contribution < 1.29 is 5.11 Å². The van der Waals surface area contributed by atoms with Crippen LogP contribution in [0.25, 0.3) is 0 Å². The maximum Gasteiger partial charge on any atom is 0.115 e. The Morgan fingerprint density at radius 2 is 1.76 bits per heavy atom. The van der Waals surface area contributed by atoms with E-state index in [2.05, 4.69) is 22.1 Å². The number of aryl methyl sites for hydroxylation is 2. The van der Waals surface area contributed by atoms with Crippen molar-refractivity contribution in [3.05, 3.63) is 59.2 Å². The summed E-state index contributed by atoms with van der Waals surface area (Å²) in [5.41, 5.74) is 4.47. The van der Waals surface area contributed by atoms with Gasteiger partial charge in [-0.3, -0.25) is 0 Å². The zero-order valence-electron chi connectivity index (χ0n) is 9.50. The first-order valence-electron chi connectivity index (χ1n) is 5.89. The molecule has 1 N–H and O–H groups in total. The van der Waals surface area contributed by atoms with Gasteiger partial charge in [0.05, 0.1) is 0 Å². The Hall–Kier alpha value is -1.74. The van der Waals surface area contributed by atoms with Crippen LogP contribution in [0.15, 0.2) is 36.9 Å². The van der Waals surface area contributed by atoms with E-state index in [1.165, 1.54) is 30.3 Å². The predicted octanol–water partition coefficient (Wildman–Crippen LogP) is 2.05. The lowest BCUT2D eigenvalue weighted by molar-refractivity contribution is 0.219. The predicted molar refractivity (Wildman–Crippen MR) is 64.6 cm³/mol. The molecule has 3 heteroatoms. The van der Waals surface area contributed by atoms with Gasteiger partial charge in [0.25, 0.3) is 0 Å². The summed E-state index contributed by atoms with van der Waals surface area (Å²) in [6.45, 7) is 0. The molecule has 1 unspecified atom stereocenters. The highest BCUT2D eigenvalue weighted by Gasteiger charge is 2.15. The normalized spacial score (nSPS) is 15.6. The van der Waals surface area contributed by atoms with E-state index >= 15 is 0 Å². The molecule has 2 aromatic rings. The van der Waals surface area contributed by atoms with Crippen molar-refractivity contribution in [2.45, 2.75) is 25.4 Å². The minimum Gasteiger partial charge on any atom is -0.384 e. The fourth-order valence-electron chi connectivity index (χ4n) is 2.41. The van der Waals surface area contributed by atoms with Crippen molar-refractivity contribution in [1.29, 1.82) is 0 Å². The number of aliphatic hydroxyl groups is 1. The van der Waals surface area contributed by atoms with Crippen LogP contribution in [0.2, 0.25) is 0 Å². The van der Waals surface area contributed by atoms with Crippen LogP contribution in [0.4, 0.5) is 0 Å². The van der Waals surface area contributed by atoms with Gasteiger partial charge in [0.2, 0.25) is 0 Å². The van der Waals surface area contributed by atoms with Crippen LogP contribution in [0, 0.1) is 0 Å². The smallest absolute Gasteiger partial charge is 0.115 e. The highest BCUT2D eigenvalue weighted by molar-refractivity contribution is 5.38. The van der Waals surface area contributed by atoms with Crippen molar-refractivity contribution in [2.24, 2.45) is 0 Å². The summed E-state index contributed by atoms with van der Waals surface area (Å²) in [6, 6.07) is 6.24. The third-order valence-electron chi connectivity index (χ3n) is 3.33. The first kappa shape index (κ1) is 10.4. The molecule has 3 rings (SSSR count). The van der Waals surface area contributed by atoms with Crippen molar-refractivity contribution in [1.82, 2.24) is 9.97 Å². The third kappa shape index (κ3) is 1.94. The molecule has 3 nitrogen and oxygen atoms in total. The summed E-state index contributed by atoms with van der Waals surface area (Å²) in [7, 11) is 0. The van der Waals surface area contributed by atoms with E-state index in [1.807, 2.05) is 6.07 Å². The minimum absolute atomic E-state index is 0.623. The molecule has 0 bridgehead atoms. The molecule has 1 atom stereocenters. The molecule has 0 fully saturated rings. The molecule has 1 heterocycles. The third-order valence-corrected chi connectivity index (χ3v) is 3.33. The van der Waals surface area contributed by atoms with E-state index in [-0.39, 0.29) is 0 Å². The number of aliphatic hydroxyl groups excluding tert-OH is 1. The highest BCUT2D eigenvalue weighted by Crippen LogP contribution is 2.27. The van der Waals surface area contributed by atoms with Gasteiger partial charge in [0, 0.05) is 18.0 Å². The lowest BCUT2D eigenvalue weighted by Gasteiger charge is -2.12. The number of hydrogen-bond acceptors (Lipinski definition) is 3. The molecule has 1 aliphatic rings. The summed E-state index contributed by atoms with van der Waals surface area (Å²) >= 11 is 0. The molecule has 0 radical (unpaired) electrons. The maximum atomic E-state index is 10.2. The van der Waals surface area contributed by atoms with E-state index in [0.717, 1.165) is 17.5 Å². The van der Waals surface area contributed by atoms with Gasteiger partial charge < -0.3 is 5.11 Å². The number of fused-ring (bicyclic) bond motifs is 1. The molecule has 0 amide bonds. The molecule has 86 valence electrons. The molecular weight excluding hydrogens is 212 g/mol. The largest absolute Gasteiger partial charge is 0.384 e. The zero-order chi connectivity index (χ0) is 11.7. The Kier molecular flexibility index (Phi) is 2.61. The monoisotopic (exact) mass is 226 g/mol. The van der Waals surface area contributed by atoms with Crippen molar-refractivity contribution in [3.8, 4) is 0 Å². The Morgan fingerprint density at radius 3 is 2.59 bits per heavy atom. The second-order valence-corrected chi connectivity index (χ2v) is 4.46. The first-order valence-corrected chi connectivity index (χ1v) is 5.89. The topological polar surface area (TPSA) is 46.0 Å². The Balaban J connectivity index is 1.94. The molecule has 0 saturated heterocycles. The Labute approximate surface area is 100 Å². The van der Waals surface area contributed by atoms with Gasteiger partial charge in [-0.25, -0.2) is 9.97 Å². The second-order valence-electron chi connectivity index (χ2n) is 4.46. The molecule has 1 aromatic carbocycles. The van der Waals surface area contributed by atoms with Crippen molar-refractivity contribution >= 4 is 0 Å². The summed E-state index contributed by atoms with van der Waals surface area (Å²) < 4.78 is 0. The van der Waals surface area contributed by atoms with Crippen LogP contribution >= 0.6 is 0 Å². The van der Waals surface area contributed by atoms with Crippen LogP contribution < -0.4 is 0 Å². The van der Waals surface area contributed by atoms with Gasteiger partial charge in [0.1, 0.15) is 12.4 Å². The molecule has 17 heavy (non-hydrogen) atoms. The number of aromatic nitrogens is 2. The standard InChI is InChI=1S/C14H14N2O/c17-14(13-7-15-9-16-8-13)12-5-4-10-2-1-3-11(10)6-12/h4-9,14,17H,1-3H2. The van der Waals surface area contributed by atoms with E-state index in [0.29, 0.717) is 0 Å². The Bertz CT molecular complexity index is 525. The summed E-state index contributed by atoms with van der Waals surface area (Å²) in [5.74, 6) is 0. The van der Waals surface area contributed by atoms with Crippen LogP contribution in [0.3, 0.4) is 0 Å². The van der Waals surface area contributed by atoms with E-state index in [9.17, 15) is 5.11 Å². The average Bonchev–Trinajstić information content (AvgIpc) is 2.86. The number of rotatable bonds is 2. The summed E-state index contributed by atoms with van der Waals surface area (Å²) in [6.07, 6.45) is 7.68. The molecule has 0 aliphatic heterocycles. The lowest BCUT2D eigenvalue weighted by atomic mass is 10.00. The maximum absolute atomic E-state index is 10.2. The van der Waals surface area contributed by atoms with Gasteiger partial charge in [-0.05, 0) is 36.0 Å². The fraction of sp³-hybridized carbons (Fsp3) is 0.286. The molecule has 0 saturated carbocycles. The molecule has 0 spiro atoms. The van der Waals surface area contributed by atoms with E-state index in [1.54, 1.807) is 12.4 Å². The number of hydrogen-bond donors (Lipinski definition) is 1.